The zero-order valence-electron chi connectivity index (χ0n) is 6.00. The minimum Gasteiger partial charge on any atom is -0.412 e. The van der Waals surface area contributed by atoms with Gasteiger partial charge in [-0.2, -0.15) is 0 Å². The molecular formula is H12K3O6. The van der Waals surface area contributed by atoms with Gasteiger partial charge in [-0.25, -0.2) is 0 Å². The Morgan fingerprint density at radius 1 is 0.222 bits per heavy atom. The zero-order chi connectivity index (χ0) is 0. The molecule has 0 heterocycles. The van der Waals surface area contributed by atoms with Crippen LogP contribution in [0.3, 0.4) is 0 Å². The standard InChI is InChI=1S/3K.6H2O/h;;;6*1H2. The molecule has 0 saturated carbocycles. The van der Waals surface area contributed by atoms with Gasteiger partial charge < -0.3 is 32.9 Å². The fourth-order valence-corrected chi connectivity index (χ4v) is 0. The van der Waals surface area contributed by atoms with E-state index < -0.39 is 0 Å². The van der Waals surface area contributed by atoms with Crippen molar-refractivity contribution < 1.29 is 32.9 Å². The molecule has 0 aliphatic heterocycles. The molecule has 0 amide bonds. The monoisotopic (exact) mass is 225 g/mol. The van der Waals surface area contributed by atoms with Crippen LogP contribution in [0.5, 0.6) is 0 Å². The Morgan fingerprint density at radius 3 is 0.222 bits per heavy atom. The Hall–Kier alpha value is 4.67. The fraction of sp³-hybridized carbons (Fsp3) is 0. The van der Waals surface area contributed by atoms with E-state index in [-0.39, 0.29) is 187 Å². The Balaban J connectivity index is 0. The Bertz CT molecular complexity index is 8.26. The Morgan fingerprint density at radius 2 is 0.222 bits per heavy atom. The van der Waals surface area contributed by atoms with Crippen LogP contribution in [0.1, 0.15) is 0 Å². The Kier molecular flexibility index (Phi) is 885. The van der Waals surface area contributed by atoms with Crippen LogP contribution in [-0.4, -0.2) is 187 Å². The van der Waals surface area contributed by atoms with Crippen molar-refractivity contribution in [1.29, 1.82) is 0 Å². The van der Waals surface area contributed by atoms with Crippen molar-refractivity contribution in [3.8, 4) is 0 Å². The van der Waals surface area contributed by atoms with Crippen LogP contribution >= 0.6 is 0 Å². The summed E-state index contributed by atoms with van der Waals surface area (Å²) >= 11 is 0. The second-order valence-electron chi connectivity index (χ2n) is 0. The quantitative estimate of drug-likeness (QED) is 0.355. The van der Waals surface area contributed by atoms with Crippen LogP contribution < -0.4 is 0 Å². The molecular weight excluding hydrogens is 213 g/mol. The molecule has 6 nitrogen and oxygen atoms in total. The average Bonchev–Trinajstić information content (AvgIpc) is 0. The molecule has 51 valence electrons. The molecule has 0 aromatic heterocycles. The number of hydrogen-bond acceptors (Lipinski definition) is 0. The molecule has 0 unspecified atom stereocenters. The zero-order valence-corrected chi connectivity index (χ0v) is 15.4. The molecule has 0 aliphatic carbocycles. The van der Waals surface area contributed by atoms with Crippen LogP contribution in [0.15, 0.2) is 0 Å². The summed E-state index contributed by atoms with van der Waals surface area (Å²) < 4.78 is 0. The molecule has 0 aromatic rings. The first-order valence-electron chi connectivity index (χ1n) is 0. The molecule has 0 aliphatic rings. The second-order valence-corrected chi connectivity index (χ2v) is 0. The molecule has 0 saturated heterocycles. The first-order chi connectivity index (χ1) is 0. The summed E-state index contributed by atoms with van der Waals surface area (Å²) in [6.45, 7) is 0. The summed E-state index contributed by atoms with van der Waals surface area (Å²) in [5, 5.41) is 0. The van der Waals surface area contributed by atoms with Crippen LogP contribution in [0.2, 0.25) is 0 Å². The molecule has 0 bridgehead atoms. The van der Waals surface area contributed by atoms with E-state index in [0.717, 1.165) is 0 Å². The third-order valence-corrected chi connectivity index (χ3v) is 0. The summed E-state index contributed by atoms with van der Waals surface area (Å²) in [7, 11) is 0. The van der Waals surface area contributed by atoms with Crippen molar-refractivity contribution in [2.45, 2.75) is 0 Å². The van der Waals surface area contributed by atoms with Gasteiger partial charge in [0.05, 0.1) is 0 Å². The SMILES string of the molecule is O.O.O.O.O.O.[K].[K].[K]. The maximum Gasteiger partial charge on any atom is 0 e. The van der Waals surface area contributed by atoms with Gasteiger partial charge in [0.15, 0.2) is 0 Å². The molecule has 0 rings (SSSR count). The minimum atomic E-state index is 0. The predicted octanol–water partition coefficient (Wildman–Crippen LogP) is -6.09. The van der Waals surface area contributed by atoms with E-state index in [0.29, 0.717) is 0 Å². The smallest absolute Gasteiger partial charge is 0 e. The predicted molar refractivity (Wildman–Crippen MR) is 38.9 cm³/mol. The molecule has 3 radical (unpaired) electrons. The first kappa shape index (κ1) is 101. The van der Waals surface area contributed by atoms with E-state index in [1.807, 2.05) is 0 Å². The third kappa shape index (κ3) is 66.2. The van der Waals surface area contributed by atoms with E-state index in [9.17, 15) is 0 Å². The summed E-state index contributed by atoms with van der Waals surface area (Å²) in [5.41, 5.74) is 0. The van der Waals surface area contributed by atoms with E-state index >= 15 is 0 Å². The van der Waals surface area contributed by atoms with Gasteiger partial charge in [-0.15, -0.1) is 0 Å². The van der Waals surface area contributed by atoms with Gasteiger partial charge in [0.2, 0.25) is 0 Å². The molecule has 12 N–H and O–H groups in total. The molecule has 9 heteroatoms. The molecule has 0 aromatic carbocycles. The van der Waals surface area contributed by atoms with Gasteiger partial charge in [0.25, 0.3) is 0 Å². The molecule has 9 heavy (non-hydrogen) atoms. The van der Waals surface area contributed by atoms with Crippen LogP contribution in [-0.2, 0) is 0 Å². The van der Waals surface area contributed by atoms with E-state index in [1.54, 1.807) is 0 Å². The van der Waals surface area contributed by atoms with Crippen LogP contribution in [0.25, 0.3) is 0 Å². The summed E-state index contributed by atoms with van der Waals surface area (Å²) in [5.74, 6) is 0. The van der Waals surface area contributed by atoms with Gasteiger partial charge in [-0.3, -0.25) is 0 Å². The second kappa shape index (κ2) is 79.1. The number of hydrogen-bond donors (Lipinski definition) is 0. The van der Waals surface area contributed by atoms with Gasteiger partial charge in [0.1, 0.15) is 0 Å². The van der Waals surface area contributed by atoms with Gasteiger partial charge in [-0.05, 0) is 0 Å². The van der Waals surface area contributed by atoms with E-state index in [2.05, 4.69) is 0 Å². The van der Waals surface area contributed by atoms with Crippen molar-refractivity contribution in [2.24, 2.45) is 0 Å². The first-order valence-corrected chi connectivity index (χ1v) is 0. The topological polar surface area (TPSA) is 189 Å². The minimum absolute atomic E-state index is 0. The summed E-state index contributed by atoms with van der Waals surface area (Å²) in [4.78, 5) is 0. The van der Waals surface area contributed by atoms with E-state index in [4.69, 9.17) is 0 Å². The normalized spacial score (nSPS) is 0. The molecule has 0 fully saturated rings. The van der Waals surface area contributed by atoms with Crippen molar-refractivity contribution in [2.75, 3.05) is 0 Å². The maximum atomic E-state index is 0. The molecule has 0 spiro atoms. The fourth-order valence-electron chi connectivity index (χ4n) is 0. The van der Waals surface area contributed by atoms with Gasteiger partial charge in [-0.1, -0.05) is 0 Å². The van der Waals surface area contributed by atoms with E-state index in [1.165, 1.54) is 0 Å². The maximum absolute atomic E-state index is 0. The van der Waals surface area contributed by atoms with Gasteiger partial charge in [0, 0.05) is 154 Å². The van der Waals surface area contributed by atoms with Crippen LogP contribution in [0.4, 0.5) is 0 Å². The largest absolute Gasteiger partial charge is 0.412 e. The summed E-state index contributed by atoms with van der Waals surface area (Å²) in [6, 6.07) is 0. The Labute approximate surface area is 181 Å². The number of rotatable bonds is 0. The average molecular weight is 225 g/mol. The van der Waals surface area contributed by atoms with Crippen molar-refractivity contribution >= 4 is 154 Å². The van der Waals surface area contributed by atoms with Gasteiger partial charge >= 0.3 is 0 Å². The summed E-state index contributed by atoms with van der Waals surface area (Å²) in [6.07, 6.45) is 0. The third-order valence-electron chi connectivity index (χ3n) is 0. The molecule has 0 atom stereocenters. The van der Waals surface area contributed by atoms with Crippen LogP contribution in [0, 0.1) is 0 Å². The van der Waals surface area contributed by atoms with Crippen molar-refractivity contribution in [3.63, 3.8) is 0 Å². The van der Waals surface area contributed by atoms with Crippen molar-refractivity contribution in [1.82, 2.24) is 0 Å². The van der Waals surface area contributed by atoms with Crippen molar-refractivity contribution in [3.05, 3.63) is 0 Å².